The van der Waals surface area contributed by atoms with Crippen LogP contribution in [0.25, 0.3) is 0 Å². The summed E-state index contributed by atoms with van der Waals surface area (Å²) in [5, 5.41) is 3.53. The number of anilines is 1. The van der Waals surface area contributed by atoms with Gasteiger partial charge < -0.3 is 10.1 Å². The van der Waals surface area contributed by atoms with Gasteiger partial charge >= 0.3 is 5.97 Å². The normalized spacial score (nSPS) is 35.9. The molecule has 0 aromatic heterocycles. The first-order chi connectivity index (χ1) is 10.0. The molecule has 5 atom stereocenters. The van der Waals surface area contributed by atoms with Crippen molar-refractivity contribution in [2.45, 2.75) is 25.9 Å². The Morgan fingerprint density at radius 1 is 1.38 bits per heavy atom. The molecule has 0 radical (unpaired) electrons. The van der Waals surface area contributed by atoms with Gasteiger partial charge in [-0.05, 0) is 43.4 Å². The first kappa shape index (κ1) is 13.1. The van der Waals surface area contributed by atoms with Crippen molar-refractivity contribution in [3.05, 3.63) is 28.8 Å². The highest BCUT2D eigenvalue weighted by Gasteiger charge is 2.63. The second-order valence-corrected chi connectivity index (χ2v) is 6.78. The maximum atomic E-state index is 12.6. The molecule has 1 heterocycles. The zero-order valence-corrected chi connectivity index (χ0v) is 12.4. The quantitative estimate of drug-likeness (QED) is 0.855. The second-order valence-electron chi connectivity index (χ2n) is 6.38. The number of ether oxygens (including phenoxy) is 1. The number of esters is 1. The van der Waals surface area contributed by atoms with E-state index in [1.54, 1.807) is 6.07 Å². The lowest BCUT2D eigenvalue weighted by atomic mass is 9.79. The fraction of sp³-hybridized carbons (Fsp3) is 0.500. The minimum atomic E-state index is -0.249. The number of carbonyl (C=O) groups excluding carboxylic acids is 2. The van der Waals surface area contributed by atoms with Crippen LogP contribution in [-0.4, -0.2) is 18.0 Å². The van der Waals surface area contributed by atoms with Gasteiger partial charge in [-0.3, -0.25) is 9.59 Å². The van der Waals surface area contributed by atoms with Gasteiger partial charge in [0.15, 0.2) is 0 Å². The summed E-state index contributed by atoms with van der Waals surface area (Å²) in [5.41, 5.74) is 1.65. The lowest BCUT2D eigenvalue weighted by molar-refractivity contribution is -0.145. The molecule has 1 aliphatic heterocycles. The molecule has 1 saturated heterocycles. The molecular weight excluding hydrogens is 290 g/mol. The van der Waals surface area contributed by atoms with Gasteiger partial charge in [-0.15, -0.1) is 0 Å². The first-order valence-corrected chi connectivity index (χ1v) is 7.70. The van der Waals surface area contributed by atoms with E-state index in [1.165, 1.54) is 0 Å². The number of fused-ring (bicyclic) bond motifs is 1. The lowest BCUT2D eigenvalue weighted by Gasteiger charge is -2.23. The Morgan fingerprint density at radius 2 is 2.19 bits per heavy atom. The van der Waals surface area contributed by atoms with E-state index in [1.807, 2.05) is 19.1 Å². The minimum Gasteiger partial charge on any atom is -0.462 e. The van der Waals surface area contributed by atoms with Crippen molar-refractivity contribution in [3.8, 4) is 0 Å². The lowest BCUT2D eigenvalue weighted by Crippen LogP contribution is -2.35. The molecule has 3 fully saturated rings. The van der Waals surface area contributed by atoms with Crippen LogP contribution >= 0.6 is 11.6 Å². The highest BCUT2D eigenvalue weighted by molar-refractivity contribution is 6.31. The van der Waals surface area contributed by atoms with E-state index < -0.39 is 0 Å². The monoisotopic (exact) mass is 305 g/mol. The van der Waals surface area contributed by atoms with Gasteiger partial charge in [0.2, 0.25) is 5.91 Å². The predicted octanol–water partition coefficient (Wildman–Crippen LogP) is 2.78. The zero-order valence-electron chi connectivity index (χ0n) is 11.6. The molecule has 2 saturated carbocycles. The maximum Gasteiger partial charge on any atom is 0.310 e. The summed E-state index contributed by atoms with van der Waals surface area (Å²) in [6.07, 6.45) is 1.83. The molecule has 1 N–H and O–H groups in total. The topological polar surface area (TPSA) is 55.4 Å². The van der Waals surface area contributed by atoms with Crippen molar-refractivity contribution in [2.75, 3.05) is 5.32 Å². The Balaban J connectivity index is 1.55. The summed E-state index contributed by atoms with van der Waals surface area (Å²) < 4.78 is 5.36. The number of halogens is 1. The molecule has 3 aliphatic rings. The molecule has 21 heavy (non-hydrogen) atoms. The molecule has 5 heteroatoms. The Bertz CT molecular complexity index is 642. The number of hydrogen-bond donors (Lipinski definition) is 1. The third kappa shape index (κ3) is 1.89. The van der Waals surface area contributed by atoms with Crippen LogP contribution in [0, 0.1) is 30.6 Å². The third-order valence-electron chi connectivity index (χ3n) is 5.23. The van der Waals surface area contributed by atoms with Crippen LogP contribution in [0.5, 0.6) is 0 Å². The van der Waals surface area contributed by atoms with Crippen molar-refractivity contribution in [1.29, 1.82) is 0 Å². The minimum absolute atomic E-state index is 0.0605. The summed E-state index contributed by atoms with van der Waals surface area (Å²) in [4.78, 5) is 24.5. The Hall–Kier alpha value is -1.55. The largest absolute Gasteiger partial charge is 0.462 e. The molecule has 2 aliphatic carbocycles. The fourth-order valence-corrected chi connectivity index (χ4v) is 4.44. The van der Waals surface area contributed by atoms with E-state index in [9.17, 15) is 9.59 Å². The highest BCUT2D eigenvalue weighted by atomic mass is 35.5. The van der Waals surface area contributed by atoms with Crippen LogP contribution in [0.4, 0.5) is 5.69 Å². The number of nitrogens with one attached hydrogen (secondary N) is 1. The van der Waals surface area contributed by atoms with Crippen LogP contribution in [0.2, 0.25) is 5.02 Å². The van der Waals surface area contributed by atoms with Gasteiger partial charge in [0.25, 0.3) is 0 Å². The van der Waals surface area contributed by atoms with Gasteiger partial charge in [-0.2, -0.15) is 0 Å². The third-order valence-corrected chi connectivity index (χ3v) is 5.63. The Morgan fingerprint density at radius 3 is 2.95 bits per heavy atom. The van der Waals surface area contributed by atoms with Crippen molar-refractivity contribution in [3.63, 3.8) is 0 Å². The Kier molecular flexibility index (Phi) is 2.80. The summed E-state index contributed by atoms with van der Waals surface area (Å²) in [5.74, 6) is -0.231. The number of aryl methyl sites for hydroxylation is 1. The van der Waals surface area contributed by atoms with Crippen LogP contribution in [0.15, 0.2) is 18.2 Å². The molecule has 110 valence electrons. The van der Waals surface area contributed by atoms with Crippen LogP contribution < -0.4 is 5.32 Å². The molecule has 0 spiro atoms. The molecular formula is C16H16ClNO3. The molecule has 1 amide bonds. The summed E-state index contributed by atoms with van der Waals surface area (Å²) in [6.45, 7) is 1.92. The molecule has 0 unspecified atom stereocenters. The van der Waals surface area contributed by atoms with Crippen molar-refractivity contribution >= 4 is 29.2 Å². The van der Waals surface area contributed by atoms with Gasteiger partial charge in [-0.25, -0.2) is 0 Å². The number of rotatable bonds is 2. The first-order valence-electron chi connectivity index (χ1n) is 7.32. The fourth-order valence-electron chi connectivity index (χ4n) is 4.26. The molecule has 1 aromatic rings. The number of benzene rings is 1. The zero-order chi connectivity index (χ0) is 14.7. The number of amides is 1. The number of carbonyl (C=O) groups is 2. The van der Waals surface area contributed by atoms with Gasteiger partial charge in [0.05, 0.1) is 11.8 Å². The second kappa shape index (κ2) is 4.47. The van der Waals surface area contributed by atoms with E-state index in [0.29, 0.717) is 10.7 Å². The van der Waals surface area contributed by atoms with Crippen molar-refractivity contribution < 1.29 is 14.3 Å². The maximum absolute atomic E-state index is 12.6. The average Bonchev–Trinajstić information content (AvgIpc) is 3.04. The molecule has 4 rings (SSSR count). The van der Waals surface area contributed by atoms with E-state index >= 15 is 0 Å². The van der Waals surface area contributed by atoms with Crippen molar-refractivity contribution in [1.82, 2.24) is 0 Å². The van der Waals surface area contributed by atoms with E-state index in [2.05, 4.69) is 5.32 Å². The van der Waals surface area contributed by atoms with E-state index in [4.69, 9.17) is 16.3 Å². The number of hydrogen-bond acceptors (Lipinski definition) is 3. The highest BCUT2D eigenvalue weighted by Crippen LogP contribution is 2.57. The SMILES string of the molecule is Cc1ccc(NC(=O)[C@@H]2[C@@H]3C[C@@H]4[C@H]2C(=O)O[C@H]4C3)cc1Cl. The summed E-state index contributed by atoms with van der Waals surface area (Å²) >= 11 is 6.08. The predicted molar refractivity (Wildman–Crippen MR) is 77.9 cm³/mol. The smallest absolute Gasteiger partial charge is 0.310 e. The van der Waals surface area contributed by atoms with Gasteiger partial charge in [0.1, 0.15) is 6.10 Å². The molecule has 2 bridgehead atoms. The van der Waals surface area contributed by atoms with E-state index in [0.717, 1.165) is 18.4 Å². The average molecular weight is 306 g/mol. The van der Waals surface area contributed by atoms with E-state index in [-0.39, 0.29) is 41.7 Å². The standard InChI is InChI=1S/C16H16ClNO3/c1-7-2-3-9(6-11(7)17)18-15(19)13-8-4-10-12(5-8)21-16(20)14(10)13/h2-3,6,8,10,12-14H,4-5H2,1H3,(H,18,19)/t8-,10+,12+,13-,14-/m1/s1. The molecule has 4 nitrogen and oxygen atoms in total. The van der Waals surface area contributed by atoms with Gasteiger partial charge in [-0.1, -0.05) is 17.7 Å². The summed E-state index contributed by atoms with van der Waals surface area (Å²) in [7, 11) is 0. The Labute approximate surface area is 127 Å². The van der Waals surface area contributed by atoms with Crippen molar-refractivity contribution in [2.24, 2.45) is 23.7 Å². The van der Waals surface area contributed by atoms with Crippen LogP contribution in [0.3, 0.4) is 0 Å². The van der Waals surface area contributed by atoms with Crippen LogP contribution in [-0.2, 0) is 14.3 Å². The van der Waals surface area contributed by atoms with Gasteiger partial charge in [0, 0.05) is 16.6 Å². The summed E-state index contributed by atoms with van der Waals surface area (Å²) in [6, 6.07) is 5.46. The molecule has 1 aromatic carbocycles. The van der Waals surface area contributed by atoms with Crippen LogP contribution in [0.1, 0.15) is 18.4 Å².